The topological polar surface area (TPSA) is 50.7 Å². The zero-order valence-corrected chi connectivity index (χ0v) is 13.7. The molecule has 4 heteroatoms. The summed E-state index contributed by atoms with van der Waals surface area (Å²) in [5.41, 5.74) is 5.85. The Balaban J connectivity index is 1.85. The number of benzene rings is 2. The molecule has 2 aromatic carbocycles. The Labute approximate surface area is 137 Å². The van der Waals surface area contributed by atoms with Crippen LogP contribution in [0.25, 0.3) is 0 Å². The summed E-state index contributed by atoms with van der Waals surface area (Å²) in [6, 6.07) is 15.6. The number of aryl methyl sites for hydroxylation is 2. The van der Waals surface area contributed by atoms with E-state index in [1.807, 2.05) is 55.5 Å². The molecule has 0 spiro atoms. The summed E-state index contributed by atoms with van der Waals surface area (Å²) in [5.74, 6) is 0.379. The molecule has 0 saturated carbocycles. The molecule has 4 nitrogen and oxygen atoms in total. The Hall–Kier alpha value is -2.62. The summed E-state index contributed by atoms with van der Waals surface area (Å²) >= 11 is 0. The van der Waals surface area contributed by atoms with Crippen molar-refractivity contribution in [1.29, 1.82) is 0 Å². The van der Waals surface area contributed by atoms with Crippen LogP contribution in [-0.2, 0) is 11.2 Å². The van der Waals surface area contributed by atoms with Gasteiger partial charge in [-0.25, -0.2) is 5.43 Å². The van der Waals surface area contributed by atoms with Gasteiger partial charge in [-0.05, 0) is 43.5 Å². The number of hydrazone groups is 1. The number of nitrogens with one attached hydrogen (secondary N) is 1. The van der Waals surface area contributed by atoms with Gasteiger partial charge in [-0.2, -0.15) is 5.10 Å². The molecule has 0 aliphatic rings. The van der Waals surface area contributed by atoms with Gasteiger partial charge in [0, 0.05) is 0 Å². The van der Waals surface area contributed by atoms with E-state index >= 15 is 0 Å². The normalized spacial score (nSPS) is 12.1. The molecule has 2 rings (SSSR count). The minimum Gasteiger partial charge on any atom is -0.481 e. The van der Waals surface area contributed by atoms with Crippen molar-refractivity contribution in [3.63, 3.8) is 0 Å². The van der Waals surface area contributed by atoms with Crippen molar-refractivity contribution >= 4 is 12.1 Å². The van der Waals surface area contributed by atoms with E-state index in [-0.39, 0.29) is 5.91 Å². The molecule has 1 atom stereocenters. The first kappa shape index (κ1) is 16.7. The van der Waals surface area contributed by atoms with Crippen molar-refractivity contribution in [2.45, 2.75) is 33.3 Å². The molecule has 120 valence electrons. The Morgan fingerprint density at radius 3 is 2.43 bits per heavy atom. The Morgan fingerprint density at radius 2 is 1.83 bits per heavy atom. The molecular formula is C19H22N2O2. The Bertz CT molecular complexity index is 661. The second-order valence-electron chi connectivity index (χ2n) is 5.40. The maximum absolute atomic E-state index is 12.0. The van der Waals surface area contributed by atoms with E-state index in [2.05, 4.69) is 17.5 Å². The van der Waals surface area contributed by atoms with Crippen LogP contribution in [0.4, 0.5) is 0 Å². The fraction of sp³-hybridized carbons (Fsp3) is 0.263. The van der Waals surface area contributed by atoms with Crippen LogP contribution in [0.5, 0.6) is 5.75 Å². The van der Waals surface area contributed by atoms with Crippen molar-refractivity contribution in [1.82, 2.24) is 5.43 Å². The number of carbonyl (C=O) groups is 1. The van der Waals surface area contributed by atoms with Gasteiger partial charge in [0.25, 0.3) is 5.91 Å². The lowest BCUT2D eigenvalue weighted by Gasteiger charge is -2.12. The summed E-state index contributed by atoms with van der Waals surface area (Å²) < 4.78 is 5.58. The highest BCUT2D eigenvalue weighted by molar-refractivity contribution is 5.84. The van der Waals surface area contributed by atoms with Gasteiger partial charge < -0.3 is 4.74 Å². The molecule has 0 aromatic heterocycles. The standard InChI is InChI=1S/C19H22N2O2/c1-4-16-7-9-17(10-8-16)13-20-21-19(22)15(3)23-18-11-5-14(2)6-12-18/h5-13,15H,4H2,1-3H3,(H,21,22)/b20-13-/t15-/m0/s1. The highest BCUT2D eigenvalue weighted by Gasteiger charge is 2.13. The van der Waals surface area contributed by atoms with Crippen molar-refractivity contribution in [3.8, 4) is 5.75 Å². The smallest absolute Gasteiger partial charge is 0.280 e. The van der Waals surface area contributed by atoms with Gasteiger partial charge >= 0.3 is 0 Å². The van der Waals surface area contributed by atoms with Crippen molar-refractivity contribution in [3.05, 3.63) is 65.2 Å². The van der Waals surface area contributed by atoms with E-state index in [1.165, 1.54) is 5.56 Å². The van der Waals surface area contributed by atoms with Crippen LogP contribution in [0.2, 0.25) is 0 Å². The van der Waals surface area contributed by atoms with Crippen LogP contribution in [0, 0.1) is 6.92 Å². The average Bonchev–Trinajstić information content (AvgIpc) is 2.57. The van der Waals surface area contributed by atoms with E-state index in [1.54, 1.807) is 13.1 Å². The van der Waals surface area contributed by atoms with Crippen LogP contribution >= 0.6 is 0 Å². The van der Waals surface area contributed by atoms with Gasteiger partial charge in [0.1, 0.15) is 5.75 Å². The third-order valence-electron chi connectivity index (χ3n) is 3.48. The van der Waals surface area contributed by atoms with Crippen LogP contribution in [0.3, 0.4) is 0 Å². The predicted octanol–water partition coefficient (Wildman–Crippen LogP) is 3.48. The van der Waals surface area contributed by atoms with Crippen LogP contribution in [0.15, 0.2) is 53.6 Å². The molecule has 1 N–H and O–H groups in total. The van der Waals surface area contributed by atoms with Gasteiger partial charge in [-0.1, -0.05) is 48.9 Å². The molecule has 0 aliphatic heterocycles. The number of amides is 1. The van der Waals surface area contributed by atoms with Crippen molar-refractivity contribution in [2.75, 3.05) is 0 Å². The zero-order valence-electron chi connectivity index (χ0n) is 13.7. The molecule has 0 fully saturated rings. The number of nitrogens with zero attached hydrogens (tertiary/aromatic N) is 1. The summed E-state index contributed by atoms with van der Waals surface area (Å²) in [7, 11) is 0. The lowest BCUT2D eigenvalue weighted by molar-refractivity contribution is -0.127. The third kappa shape index (κ3) is 5.25. The first-order valence-corrected chi connectivity index (χ1v) is 7.73. The molecule has 1 amide bonds. The molecule has 2 aromatic rings. The summed E-state index contributed by atoms with van der Waals surface area (Å²) in [6.45, 7) is 5.81. The molecule has 0 radical (unpaired) electrons. The average molecular weight is 310 g/mol. The largest absolute Gasteiger partial charge is 0.481 e. The van der Waals surface area contributed by atoms with Gasteiger partial charge in [0.2, 0.25) is 0 Å². The number of hydrogen-bond donors (Lipinski definition) is 1. The first-order valence-electron chi connectivity index (χ1n) is 7.73. The molecule has 0 heterocycles. The fourth-order valence-electron chi connectivity index (χ4n) is 1.98. The van der Waals surface area contributed by atoms with Crippen LogP contribution in [-0.4, -0.2) is 18.2 Å². The number of rotatable bonds is 6. The third-order valence-corrected chi connectivity index (χ3v) is 3.48. The number of carbonyl (C=O) groups excluding carboxylic acids is 1. The highest BCUT2D eigenvalue weighted by atomic mass is 16.5. The van der Waals surface area contributed by atoms with Crippen molar-refractivity contribution < 1.29 is 9.53 Å². The quantitative estimate of drug-likeness (QED) is 0.656. The second-order valence-corrected chi connectivity index (χ2v) is 5.40. The van der Waals surface area contributed by atoms with E-state index in [9.17, 15) is 4.79 Å². The fourth-order valence-corrected chi connectivity index (χ4v) is 1.98. The molecule has 23 heavy (non-hydrogen) atoms. The van der Waals surface area contributed by atoms with E-state index < -0.39 is 6.10 Å². The van der Waals surface area contributed by atoms with Crippen LogP contribution in [0.1, 0.15) is 30.5 Å². The number of ether oxygens (including phenoxy) is 1. The van der Waals surface area contributed by atoms with Crippen molar-refractivity contribution in [2.24, 2.45) is 5.10 Å². The van der Waals surface area contributed by atoms with Gasteiger partial charge in [-0.15, -0.1) is 0 Å². The molecule has 0 aliphatic carbocycles. The van der Waals surface area contributed by atoms with E-state index in [0.717, 1.165) is 17.5 Å². The van der Waals surface area contributed by atoms with Gasteiger partial charge in [0.05, 0.1) is 6.21 Å². The lowest BCUT2D eigenvalue weighted by atomic mass is 10.1. The Kier molecular flexibility index (Phi) is 5.92. The Morgan fingerprint density at radius 1 is 1.17 bits per heavy atom. The zero-order chi connectivity index (χ0) is 16.7. The summed E-state index contributed by atoms with van der Waals surface area (Å²) in [6.07, 6.45) is 2.01. The second kappa shape index (κ2) is 8.13. The highest BCUT2D eigenvalue weighted by Crippen LogP contribution is 2.13. The molecular weight excluding hydrogens is 288 g/mol. The van der Waals surface area contributed by atoms with E-state index in [4.69, 9.17) is 4.74 Å². The SMILES string of the molecule is CCc1ccc(/C=N\NC(=O)[C@H](C)Oc2ccc(C)cc2)cc1. The minimum absolute atomic E-state index is 0.285. The number of hydrogen-bond acceptors (Lipinski definition) is 3. The maximum Gasteiger partial charge on any atom is 0.280 e. The summed E-state index contributed by atoms with van der Waals surface area (Å²) in [4.78, 5) is 12.0. The van der Waals surface area contributed by atoms with E-state index in [0.29, 0.717) is 5.75 Å². The monoisotopic (exact) mass is 310 g/mol. The lowest BCUT2D eigenvalue weighted by Crippen LogP contribution is -2.33. The minimum atomic E-state index is -0.614. The molecule has 0 saturated heterocycles. The molecule has 0 unspecified atom stereocenters. The van der Waals surface area contributed by atoms with Gasteiger partial charge in [0.15, 0.2) is 6.10 Å². The summed E-state index contributed by atoms with van der Waals surface area (Å²) in [5, 5.41) is 3.97. The molecule has 0 bridgehead atoms. The first-order chi connectivity index (χ1) is 11.1. The predicted molar refractivity (Wildman–Crippen MR) is 92.8 cm³/mol. The maximum atomic E-state index is 12.0. The van der Waals surface area contributed by atoms with Gasteiger partial charge in [-0.3, -0.25) is 4.79 Å². The van der Waals surface area contributed by atoms with Crippen LogP contribution < -0.4 is 10.2 Å².